The molecule has 1 aliphatic rings. The topological polar surface area (TPSA) is 42.4 Å². The number of hydrogen-bond donors (Lipinski definition) is 1. The summed E-state index contributed by atoms with van der Waals surface area (Å²) in [5, 5.41) is 11.1. The Hall–Kier alpha value is -1.87. The van der Waals surface area contributed by atoms with Gasteiger partial charge in [-0.1, -0.05) is 24.3 Å². The van der Waals surface area contributed by atoms with Crippen molar-refractivity contribution in [2.24, 2.45) is 0 Å². The standard InChI is InChI=1S/C18H21NO2/c1-13(2)21-17-9-16(11-19-12-17)18(20)8-7-14-5-3-4-6-15(14)10-18/h3-6,9,11-13,20H,7-8,10H2,1-2H3. The first kappa shape index (κ1) is 14.1. The van der Waals surface area contributed by atoms with E-state index >= 15 is 0 Å². The number of aliphatic hydroxyl groups is 1. The van der Waals surface area contributed by atoms with Crippen LogP contribution in [-0.2, 0) is 18.4 Å². The summed E-state index contributed by atoms with van der Waals surface area (Å²) in [5.41, 5.74) is 2.55. The highest BCUT2D eigenvalue weighted by molar-refractivity contribution is 5.36. The minimum atomic E-state index is -0.850. The van der Waals surface area contributed by atoms with Gasteiger partial charge in [0, 0.05) is 18.2 Å². The van der Waals surface area contributed by atoms with Crippen molar-refractivity contribution in [3.63, 3.8) is 0 Å². The van der Waals surface area contributed by atoms with E-state index in [1.807, 2.05) is 26.0 Å². The molecule has 1 heterocycles. The van der Waals surface area contributed by atoms with Gasteiger partial charge < -0.3 is 9.84 Å². The Morgan fingerprint density at radius 1 is 1.19 bits per heavy atom. The zero-order chi connectivity index (χ0) is 14.9. The Bertz CT molecular complexity index is 639. The average Bonchev–Trinajstić information content (AvgIpc) is 2.47. The Morgan fingerprint density at radius 2 is 1.95 bits per heavy atom. The van der Waals surface area contributed by atoms with Gasteiger partial charge in [-0.2, -0.15) is 0 Å². The third kappa shape index (κ3) is 2.93. The van der Waals surface area contributed by atoms with Crippen LogP contribution in [0.15, 0.2) is 42.7 Å². The first-order valence-corrected chi connectivity index (χ1v) is 7.48. The summed E-state index contributed by atoms with van der Waals surface area (Å²) in [6.45, 7) is 3.97. The van der Waals surface area contributed by atoms with E-state index in [0.717, 1.165) is 24.2 Å². The highest BCUT2D eigenvalue weighted by atomic mass is 16.5. The zero-order valence-corrected chi connectivity index (χ0v) is 12.5. The van der Waals surface area contributed by atoms with Crippen molar-refractivity contribution in [3.8, 4) is 5.75 Å². The van der Waals surface area contributed by atoms with Crippen molar-refractivity contribution < 1.29 is 9.84 Å². The largest absolute Gasteiger partial charge is 0.489 e. The molecular weight excluding hydrogens is 262 g/mol. The molecule has 110 valence electrons. The summed E-state index contributed by atoms with van der Waals surface area (Å²) in [5.74, 6) is 0.717. The maximum absolute atomic E-state index is 11.1. The molecule has 0 bridgehead atoms. The molecule has 0 saturated heterocycles. The molecule has 3 nitrogen and oxygen atoms in total. The maximum atomic E-state index is 11.1. The van der Waals surface area contributed by atoms with E-state index in [1.54, 1.807) is 12.4 Å². The minimum Gasteiger partial charge on any atom is -0.489 e. The van der Waals surface area contributed by atoms with E-state index in [1.165, 1.54) is 11.1 Å². The van der Waals surface area contributed by atoms with E-state index in [9.17, 15) is 5.11 Å². The molecule has 0 radical (unpaired) electrons. The van der Waals surface area contributed by atoms with E-state index in [2.05, 4.69) is 23.2 Å². The Labute approximate surface area is 125 Å². The smallest absolute Gasteiger partial charge is 0.138 e. The molecule has 3 rings (SSSR count). The van der Waals surface area contributed by atoms with Gasteiger partial charge in [0.05, 0.1) is 17.9 Å². The van der Waals surface area contributed by atoms with Crippen LogP contribution in [0.4, 0.5) is 0 Å². The van der Waals surface area contributed by atoms with Crippen molar-refractivity contribution in [2.45, 2.75) is 44.8 Å². The quantitative estimate of drug-likeness (QED) is 0.940. The lowest BCUT2D eigenvalue weighted by Crippen LogP contribution is -2.33. The van der Waals surface area contributed by atoms with E-state index in [-0.39, 0.29) is 6.10 Å². The number of nitrogens with zero attached hydrogens (tertiary/aromatic N) is 1. The monoisotopic (exact) mass is 283 g/mol. The van der Waals surface area contributed by atoms with Gasteiger partial charge in [0.15, 0.2) is 0 Å². The number of ether oxygens (including phenoxy) is 1. The van der Waals surface area contributed by atoms with Gasteiger partial charge in [-0.3, -0.25) is 4.98 Å². The number of aromatic nitrogens is 1. The molecule has 0 fully saturated rings. The van der Waals surface area contributed by atoms with Crippen LogP contribution < -0.4 is 4.74 Å². The molecule has 1 aromatic heterocycles. The van der Waals surface area contributed by atoms with Gasteiger partial charge in [0.25, 0.3) is 0 Å². The second-order valence-corrected chi connectivity index (χ2v) is 6.05. The Kier molecular flexibility index (Phi) is 3.68. The normalized spacial score (nSPS) is 21.1. The Balaban J connectivity index is 1.90. The predicted octanol–water partition coefficient (Wildman–Crippen LogP) is 3.25. The van der Waals surface area contributed by atoms with Gasteiger partial charge in [0.2, 0.25) is 0 Å². The van der Waals surface area contributed by atoms with E-state index in [0.29, 0.717) is 6.42 Å². The van der Waals surface area contributed by atoms with Gasteiger partial charge in [-0.25, -0.2) is 0 Å². The van der Waals surface area contributed by atoms with Crippen LogP contribution in [0.1, 0.15) is 37.0 Å². The van der Waals surface area contributed by atoms with Crippen molar-refractivity contribution in [1.82, 2.24) is 4.98 Å². The number of fused-ring (bicyclic) bond motifs is 1. The summed E-state index contributed by atoms with van der Waals surface area (Å²) in [7, 11) is 0. The first-order chi connectivity index (χ1) is 10.1. The van der Waals surface area contributed by atoms with Crippen molar-refractivity contribution in [1.29, 1.82) is 0 Å². The lowest BCUT2D eigenvalue weighted by atomic mass is 9.77. The Morgan fingerprint density at radius 3 is 2.71 bits per heavy atom. The van der Waals surface area contributed by atoms with Crippen molar-refractivity contribution in [2.75, 3.05) is 0 Å². The van der Waals surface area contributed by atoms with Crippen LogP contribution >= 0.6 is 0 Å². The molecule has 0 amide bonds. The third-order valence-electron chi connectivity index (χ3n) is 4.03. The number of hydrogen-bond acceptors (Lipinski definition) is 3. The van der Waals surface area contributed by atoms with Crippen LogP contribution in [0.2, 0.25) is 0 Å². The van der Waals surface area contributed by atoms with Crippen molar-refractivity contribution in [3.05, 3.63) is 59.4 Å². The van der Waals surface area contributed by atoms with Crippen LogP contribution in [0.25, 0.3) is 0 Å². The predicted molar refractivity (Wildman–Crippen MR) is 82.4 cm³/mol. The van der Waals surface area contributed by atoms with Crippen LogP contribution in [-0.4, -0.2) is 16.2 Å². The molecule has 21 heavy (non-hydrogen) atoms. The SMILES string of the molecule is CC(C)Oc1cncc(C2(O)CCc3ccccc3C2)c1. The second kappa shape index (κ2) is 5.49. The molecule has 1 aromatic carbocycles. The summed E-state index contributed by atoms with van der Waals surface area (Å²) < 4.78 is 5.69. The van der Waals surface area contributed by atoms with Crippen LogP contribution in [0.5, 0.6) is 5.75 Å². The van der Waals surface area contributed by atoms with E-state index < -0.39 is 5.60 Å². The van der Waals surface area contributed by atoms with Crippen LogP contribution in [0, 0.1) is 0 Å². The van der Waals surface area contributed by atoms with Crippen molar-refractivity contribution >= 4 is 0 Å². The maximum Gasteiger partial charge on any atom is 0.138 e. The van der Waals surface area contributed by atoms with E-state index in [4.69, 9.17) is 4.74 Å². The number of benzene rings is 1. The lowest BCUT2D eigenvalue weighted by Gasteiger charge is -2.34. The summed E-state index contributed by atoms with van der Waals surface area (Å²) in [6, 6.07) is 10.2. The van der Waals surface area contributed by atoms with Gasteiger partial charge in [-0.05, 0) is 43.9 Å². The average molecular weight is 283 g/mol. The summed E-state index contributed by atoms with van der Waals surface area (Å²) in [4.78, 5) is 4.23. The van der Waals surface area contributed by atoms with Crippen LogP contribution in [0.3, 0.4) is 0 Å². The number of rotatable bonds is 3. The molecule has 2 aromatic rings. The molecule has 1 atom stereocenters. The first-order valence-electron chi connectivity index (χ1n) is 7.48. The highest BCUT2D eigenvalue weighted by Gasteiger charge is 2.34. The van der Waals surface area contributed by atoms with Gasteiger partial charge in [-0.15, -0.1) is 0 Å². The molecule has 0 spiro atoms. The number of aryl methyl sites for hydroxylation is 1. The zero-order valence-electron chi connectivity index (χ0n) is 12.5. The lowest BCUT2D eigenvalue weighted by molar-refractivity contribution is 0.0216. The van der Waals surface area contributed by atoms with Gasteiger partial charge >= 0.3 is 0 Å². The summed E-state index contributed by atoms with van der Waals surface area (Å²) in [6.07, 6.45) is 5.79. The highest BCUT2D eigenvalue weighted by Crippen LogP contribution is 2.37. The molecule has 1 aliphatic carbocycles. The fourth-order valence-corrected chi connectivity index (χ4v) is 2.98. The molecule has 1 unspecified atom stereocenters. The molecule has 0 saturated carbocycles. The summed E-state index contributed by atoms with van der Waals surface area (Å²) >= 11 is 0. The third-order valence-corrected chi connectivity index (χ3v) is 4.03. The molecule has 3 heteroatoms. The second-order valence-electron chi connectivity index (χ2n) is 6.05. The minimum absolute atomic E-state index is 0.101. The fourth-order valence-electron chi connectivity index (χ4n) is 2.98. The van der Waals surface area contributed by atoms with Gasteiger partial charge in [0.1, 0.15) is 5.75 Å². The molecule has 1 N–H and O–H groups in total. The molecular formula is C18H21NO2. The molecule has 0 aliphatic heterocycles. The fraction of sp³-hybridized carbons (Fsp3) is 0.389. The number of pyridine rings is 1.